The highest BCUT2D eigenvalue weighted by Gasteiger charge is 2.13. The van der Waals surface area contributed by atoms with E-state index in [4.69, 9.17) is 15.0 Å². The lowest BCUT2D eigenvalue weighted by molar-refractivity contribution is 1.22. The highest BCUT2D eigenvalue weighted by Crippen LogP contribution is 2.32. The Morgan fingerprint density at radius 3 is 0.905 bits per heavy atom. The molecule has 0 radical (unpaired) electrons. The lowest BCUT2D eigenvalue weighted by Crippen LogP contribution is -1.96. The summed E-state index contributed by atoms with van der Waals surface area (Å²) in [6, 6.07) is 56.0. The van der Waals surface area contributed by atoms with E-state index in [-0.39, 0.29) is 0 Å². The first-order chi connectivity index (χ1) is 20.8. The largest absolute Gasteiger partial charge is 0.246 e. The minimum atomic E-state index is 0.802. The van der Waals surface area contributed by atoms with Crippen LogP contribution in [0, 0.1) is 0 Å². The van der Waals surface area contributed by atoms with Crippen molar-refractivity contribution in [3.8, 4) is 67.5 Å². The molecule has 7 aromatic rings. The molecule has 7 rings (SSSR count). The van der Waals surface area contributed by atoms with E-state index in [1.54, 1.807) is 0 Å². The summed E-state index contributed by atoms with van der Waals surface area (Å²) in [6.45, 7) is 0. The number of benzene rings is 4. The van der Waals surface area contributed by atoms with Crippen LogP contribution in [0.25, 0.3) is 67.5 Å². The van der Waals surface area contributed by atoms with Crippen LogP contribution in [0.1, 0.15) is 0 Å². The van der Waals surface area contributed by atoms with E-state index in [2.05, 4.69) is 97.1 Å². The molecule has 0 spiro atoms. The van der Waals surface area contributed by atoms with Crippen LogP contribution in [0.5, 0.6) is 0 Å². The Balaban J connectivity index is 1.37. The van der Waals surface area contributed by atoms with Gasteiger partial charge in [0.05, 0.1) is 34.2 Å². The zero-order valence-electron chi connectivity index (χ0n) is 22.9. The van der Waals surface area contributed by atoms with Crippen molar-refractivity contribution in [2.75, 3.05) is 0 Å². The van der Waals surface area contributed by atoms with Crippen LogP contribution in [0.15, 0.2) is 164 Å². The fraction of sp³-hybridized carbons (Fsp3) is 0. The van der Waals surface area contributed by atoms with Crippen LogP contribution in [-0.2, 0) is 0 Å². The van der Waals surface area contributed by atoms with E-state index in [9.17, 15) is 0 Å². The van der Waals surface area contributed by atoms with Gasteiger partial charge >= 0.3 is 0 Å². The fourth-order valence-electron chi connectivity index (χ4n) is 5.15. The van der Waals surface area contributed by atoms with Crippen molar-refractivity contribution in [3.63, 3.8) is 0 Å². The summed E-state index contributed by atoms with van der Waals surface area (Å²) < 4.78 is 0. The normalized spacial score (nSPS) is 10.9. The molecule has 0 amide bonds. The monoisotopic (exact) mass is 537 g/mol. The minimum Gasteiger partial charge on any atom is -0.246 e. The SMILES string of the molecule is c1ccc(-c2cc(-c3ccccc3)nc(-c3cccc(-c4cc(-c5ccccc5)cc(-c5ccccc5)n4)n3)c2)cc1. The van der Waals surface area contributed by atoms with Crippen molar-refractivity contribution >= 4 is 0 Å². The second kappa shape index (κ2) is 11.4. The highest BCUT2D eigenvalue weighted by atomic mass is 14.8. The third-order valence-electron chi connectivity index (χ3n) is 7.28. The molecule has 0 aliphatic carbocycles. The van der Waals surface area contributed by atoms with Crippen molar-refractivity contribution in [1.82, 2.24) is 15.0 Å². The molecule has 0 fully saturated rings. The van der Waals surface area contributed by atoms with Gasteiger partial charge in [-0.2, -0.15) is 0 Å². The number of aromatic nitrogens is 3. The molecule has 0 bridgehead atoms. The van der Waals surface area contributed by atoms with E-state index in [1.165, 1.54) is 0 Å². The van der Waals surface area contributed by atoms with Crippen LogP contribution in [0.4, 0.5) is 0 Å². The lowest BCUT2D eigenvalue weighted by Gasteiger charge is -2.12. The average molecular weight is 538 g/mol. The molecule has 0 aliphatic heterocycles. The van der Waals surface area contributed by atoms with Crippen molar-refractivity contribution in [2.45, 2.75) is 0 Å². The topological polar surface area (TPSA) is 38.7 Å². The Morgan fingerprint density at radius 2 is 0.524 bits per heavy atom. The van der Waals surface area contributed by atoms with Gasteiger partial charge in [-0.1, -0.05) is 127 Å². The maximum atomic E-state index is 5.13. The molecule has 198 valence electrons. The molecule has 0 unspecified atom stereocenters. The molecule has 0 atom stereocenters. The zero-order chi connectivity index (χ0) is 28.1. The van der Waals surface area contributed by atoms with Crippen LogP contribution in [0.3, 0.4) is 0 Å². The van der Waals surface area contributed by atoms with Crippen LogP contribution >= 0.6 is 0 Å². The summed E-state index contributed by atoms with van der Waals surface area (Å²) in [5.74, 6) is 0. The van der Waals surface area contributed by atoms with Crippen LogP contribution in [-0.4, -0.2) is 15.0 Å². The molecular formula is C39H27N3. The van der Waals surface area contributed by atoms with Gasteiger partial charge in [0, 0.05) is 11.1 Å². The lowest BCUT2D eigenvalue weighted by atomic mass is 10.0. The van der Waals surface area contributed by atoms with Gasteiger partial charge in [0.2, 0.25) is 0 Å². The summed E-state index contributed by atoms with van der Waals surface area (Å²) in [5.41, 5.74) is 11.7. The molecule has 0 N–H and O–H groups in total. The third kappa shape index (κ3) is 5.36. The molecule has 0 saturated carbocycles. The molecule has 3 heterocycles. The molecular weight excluding hydrogens is 510 g/mol. The first-order valence-electron chi connectivity index (χ1n) is 14.0. The summed E-state index contributed by atoms with van der Waals surface area (Å²) in [5, 5.41) is 0. The maximum absolute atomic E-state index is 5.13. The van der Waals surface area contributed by atoms with Gasteiger partial charge in [-0.05, 0) is 58.7 Å². The van der Waals surface area contributed by atoms with E-state index < -0.39 is 0 Å². The maximum Gasteiger partial charge on any atom is 0.0900 e. The van der Waals surface area contributed by atoms with E-state index in [1.807, 2.05) is 66.7 Å². The van der Waals surface area contributed by atoms with Gasteiger partial charge in [0.1, 0.15) is 0 Å². The van der Waals surface area contributed by atoms with Crippen molar-refractivity contribution in [1.29, 1.82) is 0 Å². The summed E-state index contributed by atoms with van der Waals surface area (Å²) in [7, 11) is 0. The van der Waals surface area contributed by atoms with Gasteiger partial charge < -0.3 is 0 Å². The number of hydrogen-bond donors (Lipinski definition) is 0. The number of pyridine rings is 3. The minimum absolute atomic E-state index is 0.802. The predicted octanol–water partition coefficient (Wildman–Crippen LogP) is 9.87. The summed E-state index contributed by atoms with van der Waals surface area (Å²) in [4.78, 5) is 15.3. The second-order valence-corrected chi connectivity index (χ2v) is 10.1. The smallest absolute Gasteiger partial charge is 0.0900 e. The fourth-order valence-corrected chi connectivity index (χ4v) is 5.15. The number of hydrogen-bond acceptors (Lipinski definition) is 3. The predicted molar refractivity (Wildman–Crippen MR) is 172 cm³/mol. The number of rotatable bonds is 6. The van der Waals surface area contributed by atoms with E-state index in [0.717, 1.165) is 67.5 Å². The zero-order valence-corrected chi connectivity index (χ0v) is 22.9. The van der Waals surface area contributed by atoms with Gasteiger partial charge in [-0.3, -0.25) is 0 Å². The Kier molecular flexibility index (Phi) is 6.89. The van der Waals surface area contributed by atoms with Gasteiger partial charge in [0.25, 0.3) is 0 Å². The second-order valence-electron chi connectivity index (χ2n) is 10.1. The van der Waals surface area contributed by atoms with Crippen LogP contribution < -0.4 is 0 Å². The van der Waals surface area contributed by atoms with Crippen molar-refractivity contribution in [3.05, 3.63) is 164 Å². The first-order valence-corrected chi connectivity index (χ1v) is 14.0. The third-order valence-corrected chi connectivity index (χ3v) is 7.28. The van der Waals surface area contributed by atoms with Gasteiger partial charge in [0.15, 0.2) is 0 Å². The molecule has 3 heteroatoms. The Hall–Kier alpha value is -5.67. The highest BCUT2D eigenvalue weighted by molar-refractivity contribution is 5.78. The molecule has 3 nitrogen and oxygen atoms in total. The molecule has 3 aromatic heterocycles. The Labute approximate surface area is 245 Å². The molecule has 4 aromatic carbocycles. The Bertz CT molecular complexity index is 1700. The molecule has 0 saturated heterocycles. The van der Waals surface area contributed by atoms with Crippen molar-refractivity contribution in [2.24, 2.45) is 0 Å². The average Bonchev–Trinajstić information content (AvgIpc) is 3.09. The Morgan fingerprint density at radius 1 is 0.214 bits per heavy atom. The first kappa shape index (κ1) is 25.3. The molecule has 42 heavy (non-hydrogen) atoms. The van der Waals surface area contributed by atoms with E-state index in [0.29, 0.717) is 0 Å². The summed E-state index contributed by atoms with van der Waals surface area (Å²) in [6.07, 6.45) is 0. The van der Waals surface area contributed by atoms with E-state index >= 15 is 0 Å². The van der Waals surface area contributed by atoms with Crippen molar-refractivity contribution < 1.29 is 0 Å². The van der Waals surface area contributed by atoms with Gasteiger partial charge in [-0.15, -0.1) is 0 Å². The van der Waals surface area contributed by atoms with Crippen LogP contribution in [0.2, 0.25) is 0 Å². The van der Waals surface area contributed by atoms with Gasteiger partial charge in [-0.25, -0.2) is 15.0 Å². The summed E-state index contributed by atoms with van der Waals surface area (Å²) >= 11 is 0. The standard InChI is InChI=1S/C39H27N3/c1-5-14-28(15-6-1)32-24-36(30-18-9-3-10-19-30)41-38(26-32)34-22-13-23-35(40-34)39-27-33(29-16-7-2-8-17-29)25-37(42-39)31-20-11-4-12-21-31/h1-27H. The number of nitrogens with zero attached hydrogens (tertiary/aromatic N) is 3. The molecule has 0 aliphatic rings. The quantitative estimate of drug-likeness (QED) is 0.212.